The lowest BCUT2D eigenvalue weighted by Crippen LogP contribution is -2.30. The van der Waals surface area contributed by atoms with Gasteiger partial charge in [0.2, 0.25) is 5.76 Å². The molecule has 3 rings (SSSR count). The third-order valence-corrected chi connectivity index (χ3v) is 4.85. The van der Waals surface area contributed by atoms with Crippen molar-refractivity contribution in [2.45, 2.75) is 39.2 Å². The number of anilines is 1. The molecule has 0 aliphatic carbocycles. The van der Waals surface area contributed by atoms with Crippen LogP contribution in [0.4, 0.5) is 5.69 Å². The molecule has 2 aromatic carbocycles. The molecule has 0 saturated carbocycles. The van der Waals surface area contributed by atoms with Crippen LogP contribution in [-0.4, -0.2) is 18.0 Å². The van der Waals surface area contributed by atoms with Gasteiger partial charge in [0, 0.05) is 11.8 Å². The quantitative estimate of drug-likeness (QED) is 0.624. The summed E-state index contributed by atoms with van der Waals surface area (Å²) in [6.45, 7) is 5.62. The zero-order chi connectivity index (χ0) is 21.0. The number of ether oxygens (including phenoxy) is 1. The SMILES string of the molecule is CCC(C)c1ccccc1NC(=O)C(C)OC(=O)c1cc(=O)c2ccccc2o1. The highest BCUT2D eigenvalue weighted by Gasteiger charge is 2.22. The van der Waals surface area contributed by atoms with E-state index in [4.69, 9.17) is 9.15 Å². The summed E-state index contributed by atoms with van der Waals surface area (Å²) in [6.07, 6.45) is -0.137. The van der Waals surface area contributed by atoms with Crippen molar-refractivity contribution < 1.29 is 18.7 Å². The minimum atomic E-state index is -1.07. The molecular formula is C23H23NO5. The van der Waals surface area contributed by atoms with Crippen LogP contribution in [0.2, 0.25) is 0 Å². The first-order valence-corrected chi connectivity index (χ1v) is 9.54. The van der Waals surface area contributed by atoms with E-state index in [0.717, 1.165) is 18.1 Å². The molecule has 2 atom stereocenters. The second-order valence-electron chi connectivity index (χ2n) is 6.90. The number of hydrogen-bond donors (Lipinski definition) is 1. The van der Waals surface area contributed by atoms with Crippen molar-refractivity contribution in [3.8, 4) is 0 Å². The summed E-state index contributed by atoms with van der Waals surface area (Å²) in [5, 5.41) is 3.19. The van der Waals surface area contributed by atoms with Crippen molar-refractivity contribution in [2.75, 3.05) is 5.32 Å². The number of benzene rings is 2. The maximum Gasteiger partial charge on any atom is 0.375 e. The van der Waals surface area contributed by atoms with Crippen LogP contribution in [0, 0.1) is 0 Å². The molecule has 1 N–H and O–H groups in total. The van der Waals surface area contributed by atoms with E-state index in [1.807, 2.05) is 24.3 Å². The van der Waals surface area contributed by atoms with Crippen LogP contribution in [0.15, 0.2) is 63.8 Å². The number of amides is 1. The van der Waals surface area contributed by atoms with Gasteiger partial charge in [0.15, 0.2) is 11.5 Å². The summed E-state index contributed by atoms with van der Waals surface area (Å²) in [5.41, 5.74) is 1.64. The van der Waals surface area contributed by atoms with E-state index in [9.17, 15) is 14.4 Å². The van der Waals surface area contributed by atoms with Gasteiger partial charge in [-0.3, -0.25) is 9.59 Å². The van der Waals surface area contributed by atoms with Crippen molar-refractivity contribution in [1.29, 1.82) is 0 Å². The van der Waals surface area contributed by atoms with Crippen LogP contribution in [0.3, 0.4) is 0 Å². The molecule has 2 unspecified atom stereocenters. The second kappa shape index (κ2) is 8.73. The van der Waals surface area contributed by atoms with E-state index in [1.165, 1.54) is 6.92 Å². The molecule has 150 valence electrons. The van der Waals surface area contributed by atoms with Crippen LogP contribution in [0.25, 0.3) is 11.0 Å². The topological polar surface area (TPSA) is 85.6 Å². The molecule has 0 aliphatic rings. The third-order valence-electron chi connectivity index (χ3n) is 4.85. The maximum atomic E-state index is 12.5. The van der Waals surface area contributed by atoms with E-state index >= 15 is 0 Å². The molecule has 3 aromatic rings. The van der Waals surface area contributed by atoms with Gasteiger partial charge in [0.1, 0.15) is 5.58 Å². The Bertz CT molecular complexity index is 1100. The average Bonchev–Trinajstić information content (AvgIpc) is 2.73. The molecule has 0 aliphatic heterocycles. The summed E-state index contributed by atoms with van der Waals surface area (Å²) < 4.78 is 10.7. The Morgan fingerprint density at radius 3 is 2.52 bits per heavy atom. The monoisotopic (exact) mass is 393 g/mol. The number of nitrogens with one attached hydrogen (secondary N) is 1. The highest BCUT2D eigenvalue weighted by atomic mass is 16.6. The summed E-state index contributed by atoms with van der Waals surface area (Å²) in [6, 6.07) is 15.2. The van der Waals surface area contributed by atoms with Crippen LogP contribution in [0.1, 0.15) is 49.2 Å². The fourth-order valence-electron chi connectivity index (χ4n) is 2.97. The number of hydrogen-bond acceptors (Lipinski definition) is 5. The summed E-state index contributed by atoms with van der Waals surface area (Å²) >= 11 is 0. The lowest BCUT2D eigenvalue weighted by molar-refractivity contribution is -0.123. The molecule has 0 spiro atoms. The number of esters is 1. The smallest absolute Gasteiger partial charge is 0.375 e. The van der Waals surface area contributed by atoms with Gasteiger partial charge in [-0.2, -0.15) is 0 Å². The Morgan fingerprint density at radius 2 is 1.76 bits per heavy atom. The largest absolute Gasteiger partial charge is 0.449 e. The normalized spacial score (nSPS) is 12.9. The Labute approximate surface area is 168 Å². The van der Waals surface area contributed by atoms with Crippen molar-refractivity contribution in [1.82, 2.24) is 0 Å². The van der Waals surface area contributed by atoms with Crippen molar-refractivity contribution in [3.63, 3.8) is 0 Å². The standard InChI is InChI=1S/C23H23NO5/c1-4-14(2)16-9-5-7-11-18(16)24-22(26)15(3)28-23(27)21-13-19(25)17-10-6-8-12-20(17)29-21/h5-15H,4H2,1-3H3,(H,24,26). The van der Waals surface area contributed by atoms with Crippen LogP contribution >= 0.6 is 0 Å². The molecule has 29 heavy (non-hydrogen) atoms. The van der Waals surface area contributed by atoms with E-state index in [1.54, 1.807) is 24.3 Å². The van der Waals surface area contributed by atoms with Crippen molar-refractivity contribution in [3.05, 3.63) is 76.1 Å². The van der Waals surface area contributed by atoms with E-state index < -0.39 is 18.0 Å². The van der Waals surface area contributed by atoms with Gasteiger partial charge in [-0.25, -0.2) is 4.79 Å². The Hall–Kier alpha value is -3.41. The van der Waals surface area contributed by atoms with Gasteiger partial charge in [0.25, 0.3) is 5.91 Å². The van der Waals surface area contributed by atoms with Gasteiger partial charge >= 0.3 is 5.97 Å². The number of rotatable bonds is 6. The maximum absolute atomic E-state index is 12.5. The molecule has 0 saturated heterocycles. The first-order valence-electron chi connectivity index (χ1n) is 9.54. The third kappa shape index (κ3) is 4.54. The van der Waals surface area contributed by atoms with Crippen LogP contribution < -0.4 is 10.7 Å². The fraction of sp³-hybridized carbons (Fsp3) is 0.261. The lowest BCUT2D eigenvalue weighted by Gasteiger charge is -2.18. The Balaban J connectivity index is 1.73. The van der Waals surface area contributed by atoms with Crippen molar-refractivity contribution in [2.24, 2.45) is 0 Å². The number of para-hydroxylation sites is 2. The average molecular weight is 393 g/mol. The van der Waals surface area contributed by atoms with Gasteiger partial charge in [-0.05, 0) is 43.0 Å². The van der Waals surface area contributed by atoms with Crippen LogP contribution in [-0.2, 0) is 9.53 Å². The summed E-state index contributed by atoms with van der Waals surface area (Å²) in [5.74, 6) is -1.30. The predicted molar refractivity (Wildman–Crippen MR) is 111 cm³/mol. The van der Waals surface area contributed by atoms with E-state index in [0.29, 0.717) is 11.1 Å². The minimum absolute atomic E-state index is 0.242. The van der Waals surface area contributed by atoms with Crippen LogP contribution in [0.5, 0.6) is 0 Å². The molecule has 0 radical (unpaired) electrons. The van der Waals surface area contributed by atoms with Gasteiger partial charge in [0.05, 0.1) is 5.39 Å². The Kier molecular flexibility index (Phi) is 6.12. The second-order valence-corrected chi connectivity index (χ2v) is 6.90. The number of carbonyl (C=O) groups excluding carboxylic acids is 2. The first-order chi connectivity index (χ1) is 13.9. The molecule has 0 fully saturated rings. The van der Waals surface area contributed by atoms with Gasteiger partial charge in [-0.1, -0.05) is 44.2 Å². The predicted octanol–water partition coefficient (Wildman–Crippen LogP) is 4.49. The molecule has 6 nitrogen and oxygen atoms in total. The molecule has 1 heterocycles. The molecular weight excluding hydrogens is 370 g/mol. The van der Waals surface area contributed by atoms with E-state index in [2.05, 4.69) is 19.2 Å². The zero-order valence-electron chi connectivity index (χ0n) is 16.6. The molecule has 6 heteroatoms. The highest BCUT2D eigenvalue weighted by molar-refractivity contribution is 5.97. The van der Waals surface area contributed by atoms with Crippen molar-refractivity contribution >= 4 is 28.5 Å². The van der Waals surface area contributed by atoms with E-state index in [-0.39, 0.29) is 22.7 Å². The minimum Gasteiger partial charge on any atom is -0.449 e. The number of fused-ring (bicyclic) bond motifs is 1. The fourth-order valence-corrected chi connectivity index (χ4v) is 2.97. The zero-order valence-corrected chi connectivity index (χ0v) is 16.6. The lowest BCUT2D eigenvalue weighted by atomic mass is 9.97. The summed E-state index contributed by atoms with van der Waals surface area (Å²) in [7, 11) is 0. The Morgan fingerprint density at radius 1 is 1.07 bits per heavy atom. The van der Waals surface area contributed by atoms with Gasteiger partial charge < -0.3 is 14.5 Å². The molecule has 1 aromatic heterocycles. The highest BCUT2D eigenvalue weighted by Crippen LogP contribution is 2.26. The van der Waals surface area contributed by atoms with Gasteiger partial charge in [-0.15, -0.1) is 0 Å². The number of carbonyl (C=O) groups is 2. The molecule has 1 amide bonds. The first kappa shape index (κ1) is 20.3. The molecule has 0 bridgehead atoms. The summed E-state index contributed by atoms with van der Waals surface area (Å²) in [4.78, 5) is 37.1.